The van der Waals surface area contributed by atoms with Crippen molar-refractivity contribution in [2.24, 2.45) is 0 Å². The van der Waals surface area contributed by atoms with Gasteiger partial charge in [-0.1, -0.05) is 0 Å². The van der Waals surface area contributed by atoms with Crippen LogP contribution in [0.2, 0.25) is 0 Å². The Bertz CT molecular complexity index is 2210. The normalized spacial score (nSPS) is 11.2. The molecule has 0 atom stereocenters. The molecular weight excluding hydrogens is 572 g/mol. The van der Waals surface area contributed by atoms with Gasteiger partial charge in [0, 0.05) is 35.4 Å². The maximum atomic E-state index is 14.2. The molecule has 0 saturated heterocycles. The second kappa shape index (κ2) is 10.6. The minimum Gasteiger partial charge on any atom is -0.508 e. The van der Waals surface area contributed by atoms with E-state index in [1.165, 1.54) is 51.7 Å². The lowest BCUT2D eigenvalue weighted by atomic mass is 9.95. The molecule has 0 radical (unpaired) electrons. The first-order valence-corrected chi connectivity index (χ1v) is 13.1. The largest absolute Gasteiger partial charge is 0.508 e. The Balaban J connectivity index is 1.67. The summed E-state index contributed by atoms with van der Waals surface area (Å²) in [7, 11) is 4.17. The highest BCUT2D eigenvalue weighted by Crippen LogP contribution is 2.46. The highest BCUT2D eigenvalue weighted by atomic mass is 16.5. The quantitative estimate of drug-likeness (QED) is 0.185. The molecule has 4 N–H and O–H groups in total. The van der Waals surface area contributed by atoms with Gasteiger partial charge < -0.3 is 43.5 Å². The molecule has 6 rings (SSSR count). The first-order valence-electron chi connectivity index (χ1n) is 13.1. The molecule has 0 unspecified atom stereocenters. The van der Waals surface area contributed by atoms with E-state index < -0.39 is 22.4 Å². The van der Waals surface area contributed by atoms with Gasteiger partial charge in [-0.3, -0.25) is 9.59 Å². The molecule has 0 bridgehead atoms. The van der Waals surface area contributed by atoms with E-state index in [1.54, 1.807) is 24.3 Å². The third kappa shape index (κ3) is 4.47. The van der Waals surface area contributed by atoms with Crippen LogP contribution in [0.25, 0.3) is 55.7 Å². The molecule has 0 saturated carbocycles. The van der Waals surface area contributed by atoms with Crippen molar-refractivity contribution in [3.63, 3.8) is 0 Å². The summed E-state index contributed by atoms with van der Waals surface area (Å²) in [5.74, 6) is -0.987. The molecule has 0 aliphatic rings. The third-order valence-corrected chi connectivity index (χ3v) is 7.20. The number of benzene rings is 4. The summed E-state index contributed by atoms with van der Waals surface area (Å²) >= 11 is 0. The molecule has 0 fully saturated rings. The second-order valence-corrected chi connectivity index (χ2v) is 9.74. The van der Waals surface area contributed by atoms with Gasteiger partial charge in [0.05, 0.1) is 32.5 Å². The Labute approximate surface area is 248 Å². The van der Waals surface area contributed by atoms with E-state index in [0.29, 0.717) is 16.9 Å². The summed E-state index contributed by atoms with van der Waals surface area (Å²) in [5, 5.41) is 42.6. The molecule has 0 aliphatic carbocycles. The van der Waals surface area contributed by atoms with Crippen molar-refractivity contribution >= 4 is 21.9 Å². The molecule has 0 spiro atoms. The van der Waals surface area contributed by atoms with Gasteiger partial charge in [-0.2, -0.15) is 0 Å². The molecule has 6 aromatic rings. The minimum atomic E-state index is -0.720. The average molecular weight is 597 g/mol. The number of phenols is 4. The van der Waals surface area contributed by atoms with Crippen molar-refractivity contribution in [3.8, 4) is 74.0 Å². The van der Waals surface area contributed by atoms with Crippen LogP contribution in [-0.4, -0.2) is 41.8 Å². The predicted molar refractivity (Wildman–Crippen MR) is 161 cm³/mol. The molecule has 11 nitrogen and oxygen atoms in total. The van der Waals surface area contributed by atoms with Crippen LogP contribution in [0.5, 0.6) is 40.2 Å². The van der Waals surface area contributed by atoms with Crippen LogP contribution in [0, 0.1) is 0 Å². The summed E-state index contributed by atoms with van der Waals surface area (Å²) in [4.78, 5) is 27.6. The number of methoxy groups -OCH3 is 3. The second-order valence-electron chi connectivity index (χ2n) is 9.74. The summed E-state index contributed by atoms with van der Waals surface area (Å²) in [5.41, 5.74) is -1.47. The van der Waals surface area contributed by atoms with Crippen LogP contribution in [0.15, 0.2) is 85.2 Å². The smallest absolute Gasteiger partial charge is 0.205 e. The third-order valence-electron chi connectivity index (χ3n) is 7.20. The molecule has 44 heavy (non-hydrogen) atoms. The molecule has 0 aliphatic heterocycles. The molecule has 2 heterocycles. The first kappa shape index (κ1) is 28.0. The zero-order chi connectivity index (χ0) is 31.3. The zero-order valence-corrected chi connectivity index (χ0v) is 23.5. The lowest BCUT2D eigenvalue weighted by Gasteiger charge is -2.16. The van der Waals surface area contributed by atoms with E-state index in [-0.39, 0.29) is 67.6 Å². The van der Waals surface area contributed by atoms with Crippen LogP contribution in [0.4, 0.5) is 0 Å². The number of rotatable bonds is 6. The maximum Gasteiger partial charge on any atom is 0.205 e. The number of hydrogen-bond acceptors (Lipinski definition) is 11. The van der Waals surface area contributed by atoms with Gasteiger partial charge >= 0.3 is 0 Å². The Hall–Kier alpha value is -6.10. The number of fused-ring (bicyclic) bond motifs is 2. The van der Waals surface area contributed by atoms with Gasteiger partial charge in [-0.05, 0) is 42.5 Å². The number of aromatic hydroxyl groups is 4. The maximum absolute atomic E-state index is 14.2. The highest BCUT2D eigenvalue weighted by Gasteiger charge is 2.28. The zero-order valence-electron chi connectivity index (χ0n) is 23.5. The van der Waals surface area contributed by atoms with Crippen LogP contribution in [0.3, 0.4) is 0 Å². The van der Waals surface area contributed by atoms with Crippen LogP contribution < -0.4 is 25.1 Å². The summed E-state index contributed by atoms with van der Waals surface area (Å²) in [6.07, 6.45) is 0. The first-order chi connectivity index (χ1) is 21.1. The van der Waals surface area contributed by atoms with E-state index in [0.717, 1.165) is 12.1 Å². The lowest BCUT2D eigenvalue weighted by molar-refractivity contribution is 0.373. The topological polar surface area (TPSA) is 169 Å². The monoisotopic (exact) mass is 596 g/mol. The fraction of sp³-hybridized carbons (Fsp3) is 0.0909. The number of hydrogen-bond donors (Lipinski definition) is 4. The average Bonchev–Trinajstić information content (AvgIpc) is 3.01. The van der Waals surface area contributed by atoms with E-state index in [4.69, 9.17) is 23.0 Å². The summed E-state index contributed by atoms with van der Waals surface area (Å²) < 4.78 is 27.7. The fourth-order valence-corrected chi connectivity index (χ4v) is 5.11. The van der Waals surface area contributed by atoms with E-state index in [9.17, 15) is 30.0 Å². The van der Waals surface area contributed by atoms with Crippen molar-refractivity contribution in [1.82, 2.24) is 0 Å². The van der Waals surface area contributed by atoms with Gasteiger partial charge in [-0.25, -0.2) is 0 Å². The minimum absolute atomic E-state index is 0.00969. The number of ether oxygens (including phenoxy) is 3. The Morgan fingerprint density at radius 3 is 1.98 bits per heavy atom. The van der Waals surface area contributed by atoms with Crippen molar-refractivity contribution < 1.29 is 43.5 Å². The highest BCUT2D eigenvalue weighted by molar-refractivity contribution is 6.01. The Morgan fingerprint density at radius 2 is 1.30 bits per heavy atom. The Kier molecular flexibility index (Phi) is 6.77. The van der Waals surface area contributed by atoms with Crippen molar-refractivity contribution in [2.75, 3.05) is 21.3 Å². The fourth-order valence-electron chi connectivity index (χ4n) is 5.11. The van der Waals surface area contributed by atoms with Crippen LogP contribution >= 0.6 is 0 Å². The van der Waals surface area contributed by atoms with Gasteiger partial charge in [0.25, 0.3) is 0 Å². The van der Waals surface area contributed by atoms with Crippen LogP contribution in [-0.2, 0) is 0 Å². The lowest BCUT2D eigenvalue weighted by Crippen LogP contribution is -2.10. The van der Waals surface area contributed by atoms with Gasteiger partial charge in [0.2, 0.25) is 5.43 Å². The molecule has 222 valence electrons. The van der Waals surface area contributed by atoms with Gasteiger partial charge in [0.1, 0.15) is 62.2 Å². The van der Waals surface area contributed by atoms with Gasteiger partial charge in [0.15, 0.2) is 16.9 Å². The van der Waals surface area contributed by atoms with Gasteiger partial charge in [-0.15, -0.1) is 0 Å². The predicted octanol–water partition coefficient (Wildman–Crippen LogP) is 5.75. The molecule has 4 aromatic carbocycles. The SMILES string of the molecule is COc1ccc(-c2oc3cc(O)cc(OC)c3c(=O)c2-c2c(O)cc3oc(-c4ccc(O)c(OC)c4)cc(=O)c3c2O)cc1. The molecule has 0 amide bonds. The summed E-state index contributed by atoms with van der Waals surface area (Å²) in [6, 6.07) is 15.5. The van der Waals surface area contributed by atoms with E-state index >= 15 is 0 Å². The standard InChI is InChI=1S/C33H24O11/c1-40-18-7-4-15(5-8-18)33-30(32(39)29-24(42-3)11-17(34)12-25(29)44-33)28-21(37)14-26-27(31(28)38)20(36)13-22(43-26)16-6-9-19(35)23(10-16)41-2/h4-14,34-35,37-38H,1-3H3. The number of phenolic OH excluding ortho intramolecular Hbond substituents is 4. The molecule has 2 aromatic heterocycles. The summed E-state index contributed by atoms with van der Waals surface area (Å²) in [6.45, 7) is 0. The van der Waals surface area contributed by atoms with Crippen molar-refractivity contribution in [3.05, 3.63) is 87.2 Å². The van der Waals surface area contributed by atoms with E-state index in [2.05, 4.69) is 0 Å². The Morgan fingerprint density at radius 1 is 0.614 bits per heavy atom. The van der Waals surface area contributed by atoms with Crippen molar-refractivity contribution in [1.29, 1.82) is 0 Å². The molecular formula is C33H24O11. The molecule has 11 heteroatoms. The van der Waals surface area contributed by atoms with E-state index in [1.807, 2.05) is 0 Å². The van der Waals surface area contributed by atoms with Crippen LogP contribution in [0.1, 0.15) is 0 Å². The van der Waals surface area contributed by atoms with Crippen molar-refractivity contribution in [2.45, 2.75) is 0 Å².